The number of carbonyl (C=O) groups is 4. The molecule has 4 aromatic carbocycles. The lowest BCUT2D eigenvalue weighted by atomic mass is 9.66. The highest BCUT2D eigenvalue weighted by Crippen LogP contribution is 2.57. The van der Waals surface area contributed by atoms with Gasteiger partial charge in [-0.1, -0.05) is 60.7 Å². The minimum atomic E-state index is -0.884. The van der Waals surface area contributed by atoms with Gasteiger partial charge >= 0.3 is 11.9 Å². The first-order valence-corrected chi connectivity index (χ1v) is 12.1. The molecule has 0 unspecified atom stereocenters. The first-order valence-electron chi connectivity index (χ1n) is 12.1. The number of rotatable bonds is 2. The van der Waals surface area contributed by atoms with E-state index >= 15 is 0 Å². The van der Waals surface area contributed by atoms with Crippen LogP contribution in [0.15, 0.2) is 72.8 Å². The molecule has 0 atom stereocenters. The second-order valence-corrected chi connectivity index (χ2v) is 9.97. The van der Waals surface area contributed by atoms with Crippen LogP contribution in [0.4, 0.5) is 0 Å². The number of hydrogen-bond donors (Lipinski definition) is 0. The highest BCUT2D eigenvalue weighted by atomic mass is 16.6. The molecule has 0 fully saturated rings. The first kappa shape index (κ1) is 21.6. The normalized spacial score (nSPS) is 16.4. The number of esters is 2. The number of carbonyl (C=O) groups excluding carboxylic acids is 4. The number of ketones is 2. The fourth-order valence-corrected chi connectivity index (χ4v) is 6.57. The summed E-state index contributed by atoms with van der Waals surface area (Å²) in [7, 11) is 0. The number of hydrogen-bond acceptors (Lipinski definition) is 5. The minimum Gasteiger partial charge on any atom is -0.386 e. The average molecular weight is 485 g/mol. The third-order valence-electron chi connectivity index (χ3n) is 8.00. The summed E-state index contributed by atoms with van der Waals surface area (Å²) >= 11 is 0. The molecule has 0 radical (unpaired) electrons. The van der Waals surface area contributed by atoms with E-state index in [0.29, 0.717) is 16.7 Å². The van der Waals surface area contributed by atoms with Crippen molar-refractivity contribution >= 4 is 23.5 Å². The molecule has 0 aromatic heterocycles. The van der Waals surface area contributed by atoms with Gasteiger partial charge in [-0.2, -0.15) is 0 Å². The SMILES string of the molecule is Cc1cc(C2(c3cc(C)c4c(c3)C(=O)OC4=O)c3ccccc3-c3ccccc32)cc2c1C(=O)CC2=O. The molecule has 1 aliphatic heterocycles. The number of cyclic esters (lactones) is 2. The van der Waals surface area contributed by atoms with Gasteiger partial charge in [-0.25, -0.2) is 9.59 Å². The fraction of sp³-hybridized carbons (Fsp3) is 0.125. The molecule has 1 heterocycles. The van der Waals surface area contributed by atoms with E-state index in [9.17, 15) is 19.2 Å². The third kappa shape index (κ3) is 2.63. The van der Waals surface area contributed by atoms with Gasteiger partial charge in [0.25, 0.3) is 0 Å². The Kier molecular flexibility index (Phi) is 4.21. The fourth-order valence-electron chi connectivity index (χ4n) is 6.57. The van der Waals surface area contributed by atoms with E-state index < -0.39 is 17.4 Å². The maximum absolute atomic E-state index is 12.9. The van der Waals surface area contributed by atoms with Gasteiger partial charge in [-0.15, -0.1) is 0 Å². The van der Waals surface area contributed by atoms with Gasteiger partial charge < -0.3 is 4.74 Å². The van der Waals surface area contributed by atoms with Crippen LogP contribution in [0.25, 0.3) is 11.1 Å². The zero-order valence-corrected chi connectivity index (χ0v) is 20.2. The number of aryl methyl sites for hydroxylation is 2. The molecule has 4 aromatic rings. The van der Waals surface area contributed by atoms with E-state index in [2.05, 4.69) is 24.3 Å². The Bertz CT molecular complexity index is 1640. The van der Waals surface area contributed by atoms with Gasteiger partial charge in [0.15, 0.2) is 11.6 Å². The maximum Gasteiger partial charge on any atom is 0.347 e. The Balaban J connectivity index is 1.65. The summed E-state index contributed by atoms with van der Waals surface area (Å²) in [5.74, 6) is -1.63. The molecule has 37 heavy (non-hydrogen) atoms. The van der Waals surface area contributed by atoms with Crippen LogP contribution in [0, 0.1) is 13.8 Å². The molecule has 0 amide bonds. The largest absolute Gasteiger partial charge is 0.386 e. The zero-order chi connectivity index (χ0) is 25.6. The van der Waals surface area contributed by atoms with Crippen LogP contribution in [0.5, 0.6) is 0 Å². The predicted molar refractivity (Wildman–Crippen MR) is 136 cm³/mol. The number of fused-ring (bicyclic) bond motifs is 5. The topological polar surface area (TPSA) is 77.5 Å². The summed E-state index contributed by atoms with van der Waals surface area (Å²) in [5.41, 5.74) is 7.71. The van der Waals surface area contributed by atoms with E-state index in [1.54, 1.807) is 13.0 Å². The van der Waals surface area contributed by atoms with Crippen molar-refractivity contribution in [2.45, 2.75) is 25.7 Å². The molecule has 178 valence electrons. The number of benzene rings is 4. The Morgan fingerprint density at radius 3 is 1.76 bits per heavy atom. The molecule has 0 bridgehead atoms. The van der Waals surface area contributed by atoms with Crippen LogP contribution in [0.2, 0.25) is 0 Å². The van der Waals surface area contributed by atoms with Crippen molar-refractivity contribution in [1.82, 2.24) is 0 Å². The second-order valence-electron chi connectivity index (χ2n) is 9.97. The van der Waals surface area contributed by atoms with Gasteiger partial charge in [0.2, 0.25) is 0 Å². The Labute approximate surface area is 212 Å². The Morgan fingerprint density at radius 2 is 1.14 bits per heavy atom. The highest BCUT2D eigenvalue weighted by Gasteiger charge is 2.48. The molecule has 0 N–H and O–H groups in total. The van der Waals surface area contributed by atoms with Gasteiger partial charge in [-0.05, 0) is 70.5 Å². The highest BCUT2D eigenvalue weighted by molar-refractivity contribution is 6.25. The molecule has 2 aliphatic carbocycles. The van der Waals surface area contributed by atoms with Crippen LogP contribution < -0.4 is 0 Å². The standard InChI is InChI=1S/C32H20O5/c1-16-11-18(13-22-26(33)15-27(34)28(16)22)32(19-12-17(2)29-23(14-19)30(35)37-31(29)36)24-9-5-3-7-20(24)21-8-4-6-10-25(21)32/h3-14H,15H2,1-2H3. The summed E-state index contributed by atoms with van der Waals surface area (Å²) in [6, 6.07) is 23.7. The summed E-state index contributed by atoms with van der Waals surface area (Å²) in [6.45, 7) is 3.67. The van der Waals surface area contributed by atoms with Crippen LogP contribution in [0.1, 0.15) is 81.2 Å². The zero-order valence-electron chi connectivity index (χ0n) is 20.2. The molecule has 5 heteroatoms. The van der Waals surface area contributed by atoms with Gasteiger partial charge in [0.05, 0.1) is 23.0 Å². The van der Waals surface area contributed by atoms with Crippen molar-refractivity contribution in [3.8, 4) is 11.1 Å². The van der Waals surface area contributed by atoms with Crippen LogP contribution in [-0.4, -0.2) is 23.5 Å². The molecule has 3 aliphatic rings. The van der Waals surface area contributed by atoms with E-state index in [0.717, 1.165) is 38.9 Å². The van der Waals surface area contributed by atoms with Gasteiger partial charge in [0.1, 0.15) is 0 Å². The molecule has 0 spiro atoms. The summed E-state index contributed by atoms with van der Waals surface area (Å²) in [4.78, 5) is 50.6. The van der Waals surface area contributed by atoms with Crippen molar-refractivity contribution in [3.63, 3.8) is 0 Å². The van der Waals surface area contributed by atoms with Gasteiger partial charge in [0, 0.05) is 11.1 Å². The first-order chi connectivity index (χ1) is 17.8. The van der Waals surface area contributed by atoms with Crippen molar-refractivity contribution in [2.24, 2.45) is 0 Å². The lowest BCUT2D eigenvalue weighted by Crippen LogP contribution is -2.30. The monoisotopic (exact) mass is 484 g/mol. The lowest BCUT2D eigenvalue weighted by molar-refractivity contribution is 0.0443. The molecule has 0 saturated heterocycles. The summed E-state index contributed by atoms with van der Waals surface area (Å²) in [6.07, 6.45) is -0.119. The maximum atomic E-state index is 12.9. The minimum absolute atomic E-state index is 0.119. The van der Waals surface area contributed by atoms with Crippen LogP contribution in [-0.2, 0) is 10.2 Å². The van der Waals surface area contributed by atoms with E-state index in [4.69, 9.17) is 4.74 Å². The van der Waals surface area contributed by atoms with Crippen molar-refractivity contribution in [3.05, 3.63) is 128 Å². The van der Waals surface area contributed by atoms with Gasteiger partial charge in [-0.3, -0.25) is 9.59 Å². The van der Waals surface area contributed by atoms with Crippen LogP contribution in [0.3, 0.4) is 0 Å². The quantitative estimate of drug-likeness (QED) is 0.236. The van der Waals surface area contributed by atoms with Crippen molar-refractivity contribution < 1.29 is 23.9 Å². The lowest BCUT2D eigenvalue weighted by Gasteiger charge is -2.35. The predicted octanol–water partition coefficient (Wildman–Crippen LogP) is 5.75. The third-order valence-corrected chi connectivity index (χ3v) is 8.00. The molecule has 7 rings (SSSR count). The number of Topliss-reactive ketones (excluding diaryl/α,β-unsaturated/α-hetero) is 2. The molecule has 5 nitrogen and oxygen atoms in total. The Hall–Kier alpha value is -4.64. The van der Waals surface area contributed by atoms with Crippen molar-refractivity contribution in [2.75, 3.05) is 0 Å². The van der Waals surface area contributed by atoms with Crippen molar-refractivity contribution in [1.29, 1.82) is 0 Å². The molecular weight excluding hydrogens is 464 g/mol. The molecule has 0 saturated carbocycles. The smallest absolute Gasteiger partial charge is 0.347 e. The van der Waals surface area contributed by atoms with E-state index in [1.807, 2.05) is 49.4 Å². The van der Waals surface area contributed by atoms with E-state index in [-0.39, 0.29) is 29.1 Å². The number of ether oxygens (including phenoxy) is 1. The average Bonchev–Trinajstić information content (AvgIpc) is 3.46. The summed E-state index contributed by atoms with van der Waals surface area (Å²) in [5, 5.41) is 0. The van der Waals surface area contributed by atoms with E-state index in [1.165, 1.54) is 0 Å². The Morgan fingerprint density at radius 1 is 0.595 bits per heavy atom. The summed E-state index contributed by atoms with van der Waals surface area (Å²) < 4.78 is 4.95. The van der Waals surface area contributed by atoms with Crippen LogP contribution >= 0.6 is 0 Å². The second kappa shape index (κ2) is 7.20. The molecular formula is C32H20O5.